The summed E-state index contributed by atoms with van der Waals surface area (Å²) in [6.07, 6.45) is 1.96. The van der Waals surface area contributed by atoms with Gasteiger partial charge in [-0.05, 0) is 25.4 Å². The number of ketones is 1. The Morgan fingerprint density at radius 3 is 2.40 bits per heavy atom. The summed E-state index contributed by atoms with van der Waals surface area (Å²) >= 11 is 1.51. The van der Waals surface area contributed by atoms with Crippen LogP contribution in [0.15, 0.2) is 0 Å². The molecule has 0 rings (SSSR count). The molecule has 2 N–H and O–H groups in total. The minimum atomic E-state index is -1.07. The number of carboxylic acid groups (broad SMARTS) is 1. The van der Waals surface area contributed by atoms with Crippen LogP contribution in [-0.2, 0) is 14.4 Å². The molecular formula is C9H15NO4S. The Bertz CT molecular complexity index is 254. The molecule has 0 aliphatic carbocycles. The zero-order chi connectivity index (χ0) is 11.8. The van der Waals surface area contributed by atoms with Gasteiger partial charge in [-0.25, -0.2) is 4.79 Å². The lowest BCUT2D eigenvalue weighted by Crippen LogP contribution is -2.41. The van der Waals surface area contributed by atoms with Crippen molar-refractivity contribution in [2.45, 2.75) is 25.8 Å². The molecule has 0 aromatic carbocycles. The van der Waals surface area contributed by atoms with Gasteiger partial charge >= 0.3 is 5.97 Å². The maximum absolute atomic E-state index is 11.1. The summed E-state index contributed by atoms with van der Waals surface area (Å²) in [6.45, 7) is 1.29. The molecule has 0 bridgehead atoms. The second-order valence-electron chi connectivity index (χ2n) is 3.12. The fourth-order valence-corrected chi connectivity index (χ4v) is 1.44. The number of carbonyl (C=O) groups excluding carboxylic acids is 2. The molecule has 0 fully saturated rings. The van der Waals surface area contributed by atoms with E-state index in [1.807, 2.05) is 6.26 Å². The number of carboxylic acids is 1. The highest BCUT2D eigenvalue weighted by atomic mass is 32.2. The van der Waals surface area contributed by atoms with Gasteiger partial charge in [0.1, 0.15) is 11.8 Å². The van der Waals surface area contributed by atoms with Crippen molar-refractivity contribution in [3.63, 3.8) is 0 Å². The van der Waals surface area contributed by atoms with Crippen LogP contribution in [0.25, 0.3) is 0 Å². The third-order valence-corrected chi connectivity index (χ3v) is 2.30. The third-order valence-electron chi connectivity index (χ3n) is 1.65. The minimum absolute atomic E-state index is 0.261. The van der Waals surface area contributed by atoms with Crippen LogP contribution >= 0.6 is 11.8 Å². The SMILES string of the molecule is CSCC[C@H](NC(=O)CC(C)=O)C(=O)O. The summed E-state index contributed by atoms with van der Waals surface area (Å²) in [6, 6.07) is -0.899. The highest BCUT2D eigenvalue weighted by Gasteiger charge is 2.19. The van der Waals surface area contributed by atoms with Gasteiger partial charge in [0.25, 0.3) is 0 Å². The first-order chi connectivity index (χ1) is 6.97. The second-order valence-corrected chi connectivity index (χ2v) is 4.10. The van der Waals surface area contributed by atoms with Crippen LogP contribution in [0.1, 0.15) is 19.8 Å². The monoisotopic (exact) mass is 233 g/mol. The average molecular weight is 233 g/mol. The number of amides is 1. The van der Waals surface area contributed by atoms with Crippen molar-refractivity contribution in [2.75, 3.05) is 12.0 Å². The normalized spacial score (nSPS) is 11.9. The lowest BCUT2D eigenvalue weighted by Gasteiger charge is -2.13. The Hall–Kier alpha value is -1.04. The summed E-state index contributed by atoms with van der Waals surface area (Å²) in [5.74, 6) is -1.23. The molecule has 0 aliphatic rings. The molecule has 0 saturated heterocycles. The highest BCUT2D eigenvalue weighted by Crippen LogP contribution is 2.01. The Morgan fingerprint density at radius 2 is 2.00 bits per heavy atom. The van der Waals surface area contributed by atoms with E-state index in [0.29, 0.717) is 12.2 Å². The first-order valence-electron chi connectivity index (χ1n) is 4.48. The van der Waals surface area contributed by atoms with Gasteiger partial charge in [0.2, 0.25) is 5.91 Å². The molecule has 1 amide bonds. The number of aliphatic carboxylic acids is 1. The molecule has 0 unspecified atom stereocenters. The van der Waals surface area contributed by atoms with Crippen molar-refractivity contribution in [2.24, 2.45) is 0 Å². The molecule has 5 nitrogen and oxygen atoms in total. The summed E-state index contributed by atoms with van der Waals surface area (Å²) in [5.41, 5.74) is 0. The van der Waals surface area contributed by atoms with Gasteiger partial charge in [-0.1, -0.05) is 0 Å². The van der Waals surface area contributed by atoms with E-state index in [0.717, 1.165) is 0 Å². The zero-order valence-electron chi connectivity index (χ0n) is 8.78. The van der Waals surface area contributed by atoms with Crippen LogP contribution in [-0.4, -0.2) is 40.8 Å². The number of Topliss-reactive ketones (excluding diaryl/α,β-unsaturated/α-hetero) is 1. The van der Waals surface area contributed by atoms with Gasteiger partial charge in [0.15, 0.2) is 0 Å². The summed E-state index contributed by atoms with van der Waals surface area (Å²) in [4.78, 5) is 32.5. The van der Waals surface area contributed by atoms with Gasteiger partial charge in [-0.2, -0.15) is 11.8 Å². The van der Waals surface area contributed by atoms with E-state index in [1.165, 1.54) is 18.7 Å². The van der Waals surface area contributed by atoms with E-state index in [-0.39, 0.29) is 12.2 Å². The van der Waals surface area contributed by atoms with E-state index in [2.05, 4.69) is 5.32 Å². The van der Waals surface area contributed by atoms with Crippen LogP contribution in [0.5, 0.6) is 0 Å². The fraction of sp³-hybridized carbons (Fsp3) is 0.667. The number of hydrogen-bond acceptors (Lipinski definition) is 4. The Labute approximate surface area is 92.6 Å². The maximum Gasteiger partial charge on any atom is 0.326 e. The van der Waals surface area contributed by atoms with E-state index in [9.17, 15) is 14.4 Å². The molecule has 0 aromatic heterocycles. The number of hydrogen-bond donors (Lipinski definition) is 2. The van der Waals surface area contributed by atoms with Crippen molar-refractivity contribution >= 4 is 29.4 Å². The number of rotatable bonds is 7. The van der Waals surface area contributed by atoms with E-state index >= 15 is 0 Å². The van der Waals surface area contributed by atoms with Crippen molar-refractivity contribution in [1.82, 2.24) is 5.32 Å². The highest BCUT2D eigenvalue weighted by molar-refractivity contribution is 7.98. The lowest BCUT2D eigenvalue weighted by molar-refractivity contribution is -0.142. The van der Waals surface area contributed by atoms with E-state index in [4.69, 9.17) is 5.11 Å². The molecule has 0 spiro atoms. The van der Waals surface area contributed by atoms with Gasteiger partial charge in [-0.15, -0.1) is 0 Å². The van der Waals surface area contributed by atoms with Crippen molar-refractivity contribution < 1.29 is 19.5 Å². The van der Waals surface area contributed by atoms with E-state index < -0.39 is 17.9 Å². The Kier molecular flexibility index (Phi) is 6.77. The second kappa shape index (κ2) is 7.28. The van der Waals surface area contributed by atoms with Crippen molar-refractivity contribution in [3.05, 3.63) is 0 Å². The molecular weight excluding hydrogens is 218 g/mol. The van der Waals surface area contributed by atoms with Crippen LogP contribution in [0.3, 0.4) is 0 Å². The molecule has 6 heteroatoms. The Balaban J connectivity index is 4.10. The maximum atomic E-state index is 11.1. The topological polar surface area (TPSA) is 83.5 Å². The zero-order valence-corrected chi connectivity index (χ0v) is 9.60. The summed E-state index contributed by atoms with van der Waals surface area (Å²) in [5, 5.41) is 11.1. The van der Waals surface area contributed by atoms with E-state index in [1.54, 1.807) is 0 Å². The quantitative estimate of drug-likeness (QED) is 0.617. The molecule has 1 atom stereocenters. The first kappa shape index (κ1) is 14.0. The largest absolute Gasteiger partial charge is 0.480 e. The molecule has 0 saturated carbocycles. The van der Waals surface area contributed by atoms with Gasteiger partial charge in [0, 0.05) is 0 Å². The predicted molar refractivity (Wildman–Crippen MR) is 57.9 cm³/mol. The number of thioether (sulfide) groups is 1. The fourth-order valence-electron chi connectivity index (χ4n) is 0.965. The smallest absolute Gasteiger partial charge is 0.326 e. The lowest BCUT2D eigenvalue weighted by atomic mass is 10.2. The van der Waals surface area contributed by atoms with Crippen LogP contribution in [0, 0.1) is 0 Å². The van der Waals surface area contributed by atoms with Crippen molar-refractivity contribution in [3.8, 4) is 0 Å². The molecule has 0 radical (unpaired) electrons. The van der Waals surface area contributed by atoms with Crippen LogP contribution < -0.4 is 5.32 Å². The minimum Gasteiger partial charge on any atom is -0.480 e. The standard InChI is InChI=1S/C9H15NO4S/c1-6(11)5-8(12)10-7(9(13)14)3-4-15-2/h7H,3-5H2,1-2H3,(H,10,12)(H,13,14)/t7-/m0/s1. The molecule has 0 aliphatic heterocycles. The van der Waals surface area contributed by atoms with Gasteiger partial charge in [0.05, 0.1) is 6.42 Å². The number of nitrogens with one attached hydrogen (secondary N) is 1. The molecule has 15 heavy (non-hydrogen) atoms. The Morgan fingerprint density at radius 1 is 1.40 bits per heavy atom. The summed E-state index contributed by atoms with van der Waals surface area (Å²) in [7, 11) is 0. The molecule has 86 valence electrons. The first-order valence-corrected chi connectivity index (χ1v) is 5.87. The van der Waals surface area contributed by atoms with Crippen molar-refractivity contribution in [1.29, 1.82) is 0 Å². The average Bonchev–Trinajstić information content (AvgIpc) is 2.10. The van der Waals surface area contributed by atoms with Crippen LogP contribution in [0.2, 0.25) is 0 Å². The number of carbonyl (C=O) groups is 3. The molecule has 0 heterocycles. The van der Waals surface area contributed by atoms with Crippen LogP contribution in [0.4, 0.5) is 0 Å². The predicted octanol–water partition coefficient (Wildman–Crippen LogP) is 0.288. The molecule has 0 aromatic rings. The van der Waals surface area contributed by atoms with Gasteiger partial charge in [-0.3, -0.25) is 9.59 Å². The third kappa shape index (κ3) is 6.96. The summed E-state index contributed by atoms with van der Waals surface area (Å²) < 4.78 is 0. The van der Waals surface area contributed by atoms with Gasteiger partial charge < -0.3 is 10.4 Å².